The normalized spacial score (nSPS) is 12.4. The van der Waals surface area contributed by atoms with Crippen LogP contribution in [0, 0.1) is 0 Å². The SMILES string of the molecule is CCc1c(C(N)CC)nnn1-c1ccc(Cl)c(OC)c1. The van der Waals surface area contributed by atoms with Gasteiger partial charge in [-0.2, -0.15) is 0 Å². The molecule has 0 amide bonds. The third-order valence-electron chi connectivity index (χ3n) is 3.30. The van der Waals surface area contributed by atoms with E-state index < -0.39 is 0 Å². The van der Waals surface area contributed by atoms with Crippen LogP contribution in [0.4, 0.5) is 0 Å². The van der Waals surface area contributed by atoms with Gasteiger partial charge in [0.25, 0.3) is 0 Å². The Morgan fingerprint density at radius 3 is 2.75 bits per heavy atom. The van der Waals surface area contributed by atoms with Crippen molar-refractivity contribution < 1.29 is 4.74 Å². The van der Waals surface area contributed by atoms with Gasteiger partial charge < -0.3 is 10.5 Å². The van der Waals surface area contributed by atoms with E-state index >= 15 is 0 Å². The molecule has 6 heteroatoms. The van der Waals surface area contributed by atoms with E-state index in [1.165, 1.54) is 0 Å². The van der Waals surface area contributed by atoms with Crippen LogP contribution in [0.15, 0.2) is 18.2 Å². The van der Waals surface area contributed by atoms with Crippen molar-refractivity contribution in [3.63, 3.8) is 0 Å². The molecule has 5 nitrogen and oxygen atoms in total. The maximum Gasteiger partial charge on any atom is 0.139 e. The molecule has 0 saturated carbocycles. The fourth-order valence-electron chi connectivity index (χ4n) is 2.11. The van der Waals surface area contributed by atoms with Crippen molar-refractivity contribution in [1.29, 1.82) is 0 Å². The standard InChI is InChI=1S/C14H19ClN4O/c1-4-11(16)14-12(5-2)19(18-17-14)9-6-7-10(15)13(8-9)20-3/h6-8,11H,4-5,16H2,1-3H3. The predicted molar refractivity (Wildman–Crippen MR) is 79.5 cm³/mol. The van der Waals surface area contributed by atoms with Crippen LogP contribution >= 0.6 is 11.6 Å². The monoisotopic (exact) mass is 294 g/mol. The molecule has 2 aromatic rings. The van der Waals surface area contributed by atoms with E-state index in [0.29, 0.717) is 10.8 Å². The lowest BCUT2D eigenvalue weighted by molar-refractivity contribution is 0.414. The number of halogens is 1. The highest BCUT2D eigenvalue weighted by Gasteiger charge is 2.18. The number of ether oxygens (including phenoxy) is 1. The molecule has 108 valence electrons. The number of benzene rings is 1. The molecule has 1 unspecified atom stereocenters. The molecule has 0 aliphatic carbocycles. The Labute approximate surface area is 123 Å². The Morgan fingerprint density at radius 2 is 2.15 bits per heavy atom. The molecule has 2 N–H and O–H groups in total. The second-order valence-electron chi connectivity index (χ2n) is 4.52. The number of hydrogen-bond donors (Lipinski definition) is 1. The molecular formula is C14H19ClN4O. The molecule has 0 aliphatic rings. The van der Waals surface area contributed by atoms with Crippen LogP contribution in [-0.2, 0) is 6.42 Å². The summed E-state index contributed by atoms with van der Waals surface area (Å²) in [5, 5.41) is 9.01. The number of hydrogen-bond acceptors (Lipinski definition) is 4. The fraction of sp³-hybridized carbons (Fsp3) is 0.429. The van der Waals surface area contributed by atoms with Gasteiger partial charge in [0, 0.05) is 6.07 Å². The molecule has 20 heavy (non-hydrogen) atoms. The summed E-state index contributed by atoms with van der Waals surface area (Å²) in [7, 11) is 1.59. The molecular weight excluding hydrogens is 276 g/mol. The Balaban J connectivity index is 2.50. The van der Waals surface area contributed by atoms with E-state index in [1.807, 2.05) is 19.1 Å². The summed E-state index contributed by atoms with van der Waals surface area (Å²) in [6.45, 7) is 4.10. The first-order chi connectivity index (χ1) is 9.62. The number of nitrogens with zero attached hydrogens (tertiary/aromatic N) is 3. The molecule has 0 saturated heterocycles. The van der Waals surface area contributed by atoms with Crippen molar-refractivity contribution in [1.82, 2.24) is 15.0 Å². The Bertz CT molecular complexity index is 597. The molecule has 0 spiro atoms. The minimum atomic E-state index is -0.0899. The number of methoxy groups -OCH3 is 1. The zero-order valence-corrected chi connectivity index (χ0v) is 12.7. The summed E-state index contributed by atoms with van der Waals surface area (Å²) in [5.74, 6) is 0.614. The minimum Gasteiger partial charge on any atom is -0.495 e. The van der Waals surface area contributed by atoms with Gasteiger partial charge >= 0.3 is 0 Å². The minimum absolute atomic E-state index is 0.0899. The summed E-state index contributed by atoms with van der Waals surface area (Å²) in [4.78, 5) is 0. The highest BCUT2D eigenvalue weighted by atomic mass is 35.5. The van der Waals surface area contributed by atoms with E-state index in [2.05, 4.69) is 17.2 Å². The van der Waals surface area contributed by atoms with Crippen LogP contribution in [0.25, 0.3) is 5.69 Å². The second-order valence-corrected chi connectivity index (χ2v) is 4.93. The lowest BCUT2D eigenvalue weighted by Gasteiger charge is -2.11. The van der Waals surface area contributed by atoms with Gasteiger partial charge in [-0.05, 0) is 25.0 Å². The first kappa shape index (κ1) is 14.8. The molecule has 1 atom stereocenters. The summed E-state index contributed by atoms with van der Waals surface area (Å²) in [6, 6.07) is 5.43. The molecule has 0 bridgehead atoms. The van der Waals surface area contributed by atoms with Gasteiger partial charge in [-0.15, -0.1) is 5.10 Å². The van der Waals surface area contributed by atoms with E-state index in [1.54, 1.807) is 17.9 Å². The molecule has 0 radical (unpaired) electrons. The van der Waals surface area contributed by atoms with Crippen molar-refractivity contribution in [2.24, 2.45) is 5.73 Å². The molecule has 1 aromatic carbocycles. The quantitative estimate of drug-likeness (QED) is 0.921. The zero-order valence-electron chi connectivity index (χ0n) is 11.9. The van der Waals surface area contributed by atoms with Crippen LogP contribution in [0.5, 0.6) is 5.75 Å². The van der Waals surface area contributed by atoms with Crippen molar-refractivity contribution in [2.75, 3.05) is 7.11 Å². The molecule has 0 aliphatic heterocycles. The third kappa shape index (κ3) is 2.64. The molecule has 2 rings (SSSR count). The lowest BCUT2D eigenvalue weighted by Crippen LogP contribution is -2.12. The summed E-state index contributed by atoms with van der Waals surface area (Å²) < 4.78 is 7.03. The summed E-state index contributed by atoms with van der Waals surface area (Å²) in [6.07, 6.45) is 1.64. The lowest BCUT2D eigenvalue weighted by atomic mass is 10.1. The van der Waals surface area contributed by atoms with Gasteiger partial charge in [-0.1, -0.05) is 30.7 Å². The van der Waals surface area contributed by atoms with Crippen molar-refractivity contribution >= 4 is 11.6 Å². The van der Waals surface area contributed by atoms with Gasteiger partial charge in [0.05, 0.1) is 29.6 Å². The molecule has 1 aromatic heterocycles. The summed E-state index contributed by atoms with van der Waals surface area (Å²) >= 11 is 6.05. The van der Waals surface area contributed by atoms with Gasteiger partial charge in [0.2, 0.25) is 0 Å². The van der Waals surface area contributed by atoms with Gasteiger partial charge in [0.1, 0.15) is 11.4 Å². The highest BCUT2D eigenvalue weighted by molar-refractivity contribution is 6.32. The van der Waals surface area contributed by atoms with Crippen LogP contribution in [0.3, 0.4) is 0 Å². The van der Waals surface area contributed by atoms with Gasteiger partial charge in [-0.25, -0.2) is 4.68 Å². The van der Waals surface area contributed by atoms with E-state index in [4.69, 9.17) is 22.1 Å². The first-order valence-corrected chi connectivity index (χ1v) is 7.04. The van der Waals surface area contributed by atoms with Gasteiger partial charge in [-0.3, -0.25) is 0 Å². The van der Waals surface area contributed by atoms with Crippen LogP contribution in [0.1, 0.15) is 37.7 Å². The van der Waals surface area contributed by atoms with E-state index in [9.17, 15) is 0 Å². The van der Waals surface area contributed by atoms with Gasteiger partial charge in [0.15, 0.2) is 0 Å². The largest absolute Gasteiger partial charge is 0.495 e. The maximum atomic E-state index is 6.08. The van der Waals surface area contributed by atoms with E-state index in [0.717, 1.165) is 29.9 Å². The predicted octanol–water partition coefficient (Wildman–Crippen LogP) is 2.90. The number of aromatic nitrogens is 3. The molecule has 1 heterocycles. The fourth-order valence-corrected chi connectivity index (χ4v) is 2.31. The Kier molecular flexibility index (Phi) is 4.62. The first-order valence-electron chi connectivity index (χ1n) is 6.66. The van der Waals surface area contributed by atoms with Crippen LogP contribution in [0.2, 0.25) is 5.02 Å². The van der Waals surface area contributed by atoms with Crippen LogP contribution < -0.4 is 10.5 Å². The zero-order chi connectivity index (χ0) is 14.7. The highest BCUT2D eigenvalue weighted by Crippen LogP contribution is 2.28. The smallest absolute Gasteiger partial charge is 0.139 e. The third-order valence-corrected chi connectivity index (χ3v) is 3.61. The molecule has 0 fully saturated rings. The topological polar surface area (TPSA) is 66.0 Å². The van der Waals surface area contributed by atoms with Crippen molar-refractivity contribution in [2.45, 2.75) is 32.7 Å². The average Bonchev–Trinajstić information content (AvgIpc) is 2.90. The maximum absolute atomic E-state index is 6.08. The summed E-state index contributed by atoms with van der Waals surface area (Å²) in [5.41, 5.74) is 8.81. The number of rotatable bonds is 5. The van der Waals surface area contributed by atoms with Crippen molar-refractivity contribution in [3.05, 3.63) is 34.6 Å². The van der Waals surface area contributed by atoms with E-state index in [-0.39, 0.29) is 6.04 Å². The van der Waals surface area contributed by atoms with Crippen LogP contribution in [-0.4, -0.2) is 22.1 Å². The Morgan fingerprint density at radius 1 is 1.40 bits per heavy atom. The average molecular weight is 295 g/mol. The number of nitrogens with two attached hydrogens (primary N) is 1. The Hall–Kier alpha value is -1.59. The second kappa shape index (κ2) is 6.24. The van der Waals surface area contributed by atoms with Crippen molar-refractivity contribution in [3.8, 4) is 11.4 Å².